The van der Waals surface area contributed by atoms with E-state index in [9.17, 15) is 9.59 Å². The Balaban J connectivity index is 2.44. The van der Waals surface area contributed by atoms with Crippen molar-refractivity contribution < 1.29 is 14.7 Å². The van der Waals surface area contributed by atoms with E-state index >= 15 is 0 Å². The van der Waals surface area contributed by atoms with Gasteiger partial charge in [-0.1, -0.05) is 6.07 Å². The van der Waals surface area contributed by atoms with Crippen molar-refractivity contribution in [2.24, 2.45) is 0 Å². The van der Waals surface area contributed by atoms with E-state index in [1.807, 2.05) is 6.07 Å². The average molecular weight is 247 g/mol. The number of fused-ring (bicyclic) bond motifs is 1. The van der Waals surface area contributed by atoms with Crippen LogP contribution in [0.25, 0.3) is 5.65 Å². The summed E-state index contributed by atoms with van der Waals surface area (Å²) in [6.07, 6.45) is 1.73. The zero-order valence-electron chi connectivity index (χ0n) is 10.1. The lowest BCUT2D eigenvalue weighted by Gasteiger charge is -2.14. The Bertz CT molecular complexity index is 618. The second-order valence-corrected chi connectivity index (χ2v) is 4.03. The van der Waals surface area contributed by atoms with Crippen LogP contribution in [0.15, 0.2) is 24.4 Å². The first-order valence-electron chi connectivity index (χ1n) is 5.41. The molecule has 0 aromatic carbocycles. The van der Waals surface area contributed by atoms with Crippen molar-refractivity contribution in [2.75, 3.05) is 13.6 Å². The van der Waals surface area contributed by atoms with E-state index in [0.717, 1.165) is 4.90 Å². The summed E-state index contributed by atoms with van der Waals surface area (Å²) in [5.41, 5.74) is 1.65. The highest BCUT2D eigenvalue weighted by atomic mass is 16.4. The molecule has 0 unspecified atom stereocenters. The lowest BCUT2D eigenvalue weighted by atomic mass is 10.3. The van der Waals surface area contributed by atoms with Crippen molar-refractivity contribution >= 4 is 17.5 Å². The Morgan fingerprint density at radius 1 is 1.44 bits per heavy atom. The number of hydrogen-bond acceptors (Lipinski definition) is 3. The van der Waals surface area contributed by atoms with Crippen molar-refractivity contribution in [1.82, 2.24) is 14.3 Å². The van der Waals surface area contributed by atoms with Gasteiger partial charge in [-0.05, 0) is 19.1 Å². The van der Waals surface area contributed by atoms with E-state index in [1.165, 1.54) is 7.05 Å². The van der Waals surface area contributed by atoms with E-state index < -0.39 is 5.97 Å². The zero-order chi connectivity index (χ0) is 13.3. The van der Waals surface area contributed by atoms with Gasteiger partial charge in [0, 0.05) is 13.2 Å². The van der Waals surface area contributed by atoms with Crippen LogP contribution in [0.2, 0.25) is 0 Å². The van der Waals surface area contributed by atoms with Crippen LogP contribution >= 0.6 is 0 Å². The molecule has 1 N–H and O–H groups in total. The standard InChI is InChI=1S/C12H13N3O3/c1-8-11(12(18)14(2)7-10(16)17)15-6-4-3-5-9(15)13-8/h3-6H,7H2,1-2H3,(H,16,17). The third-order valence-corrected chi connectivity index (χ3v) is 2.63. The number of aliphatic carboxylic acids is 1. The number of aromatic nitrogens is 2. The van der Waals surface area contributed by atoms with E-state index in [-0.39, 0.29) is 12.5 Å². The Kier molecular flexibility index (Phi) is 3.01. The lowest BCUT2D eigenvalue weighted by molar-refractivity contribution is -0.137. The highest BCUT2D eigenvalue weighted by Crippen LogP contribution is 2.13. The van der Waals surface area contributed by atoms with Crippen LogP contribution in [0.5, 0.6) is 0 Å². The van der Waals surface area contributed by atoms with E-state index in [0.29, 0.717) is 17.0 Å². The minimum atomic E-state index is -1.04. The number of hydrogen-bond donors (Lipinski definition) is 1. The molecule has 0 atom stereocenters. The smallest absolute Gasteiger partial charge is 0.323 e. The van der Waals surface area contributed by atoms with Crippen LogP contribution in [0, 0.1) is 6.92 Å². The number of pyridine rings is 1. The van der Waals surface area contributed by atoms with Gasteiger partial charge < -0.3 is 10.0 Å². The number of imidazole rings is 1. The van der Waals surface area contributed by atoms with Crippen molar-refractivity contribution in [3.8, 4) is 0 Å². The number of carbonyl (C=O) groups is 2. The minimum absolute atomic E-state index is 0.335. The molecule has 0 saturated carbocycles. The van der Waals surface area contributed by atoms with Crippen LogP contribution in [0.4, 0.5) is 0 Å². The molecule has 94 valence electrons. The Labute approximate surface area is 103 Å². The minimum Gasteiger partial charge on any atom is -0.480 e. The largest absolute Gasteiger partial charge is 0.480 e. The Morgan fingerprint density at radius 2 is 2.17 bits per heavy atom. The highest BCUT2D eigenvalue weighted by molar-refractivity contribution is 5.96. The predicted molar refractivity (Wildman–Crippen MR) is 64.5 cm³/mol. The van der Waals surface area contributed by atoms with Crippen LogP contribution in [-0.2, 0) is 4.79 Å². The van der Waals surface area contributed by atoms with Gasteiger partial charge >= 0.3 is 5.97 Å². The summed E-state index contributed by atoms with van der Waals surface area (Å²) in [6.45, 7) is 1.40. The fourth-order valence-electron chi connectivity index (χ4n) is 1.83. The summed E-state index contributed by atoms with van der Waals surface area (Å²) in [6, 6.07) is 5.42. The molecule has 0 saturated heterocycles. The maximum Gasteiger partial charge on any atom is 0.323 e. The summed E-state index contributed by atoms with van der Waals surface area (Å²) in [4.78, 5) is 28.2. The molecule has 18 heavy (non-hydrogen) atoms. The number of rotatable bonds is 3. The van der Waals surface area contributed by atoms with Gasteiger partial charge in [0.1, 0.15) is 17.9 Å². The van der Waals surface area contributed by atoms with Gasteiger partial charge in [-0.3, -0.25) is 14.0 Å². The van der Waals surface area contributed by atoms with Crippen molar-refractivity contribution in [3.05, 3.63) is 35.8 Å². The van der Waals surface area contributed by atoms with Crippen LogP contribution < -0.4 is 0 Å². The zero-order valence-corrected chi connectivity index (χ0v) is 10.1. The second kappa shape index (κ2) is 4.48. The van der Waals surface area contributed by atoms with Gasteiger partial charge in [0.05, 0.1) is 5.69 Å². The fourth-order valence-corrected chi connectivity index (χ4v) is 1.83. The molecule has 2 aromatic heterocycles. The first-order chi connectivity index (χ1) is 8.50. The molecule has 0 aliphatic heterocycles. The molecule has 0 radical (unpaired) electrons. The molecular formula is C12H13N3O3. The van der Waals surface area contributed by atoms with Crippen molar-refractivity contribution in [3.63, 3.8) is 0 Å². The van der Waals surface area contributed by atoms with E-state index in [4.69, 9.17) is 5.11 Å². The molecule has 0 bridgehead atoms. The summed E-state index contributed by atoms with van der Waals surface area (Å²) in [5, 5.41) is 8.70. The summed E-state index contributed by atoms with van der Waals surface area (Å²) < 4.78 is 1.66. The van der Waals surface area contributed by atoms with Crippen LogP contribution in [0.3, 0.4) is 0 Å². The number of amides is 1. The molecule has 1 amide bonds. The fraction of sp³-hybridized carbons (Fsp3) is 0.250. The van der Waals surface area contributed by atoms with Crippen molar-refractivity contribution in [1.29, 1.82) is 0 Å². The number of carboxylic acids is 1. The topological polar surface area (TPSA) is 74.9 Å². The number of likely N-dealkylation sites (N-methyl/N-ethyl adjacent to an activating group) is 1. The van der Waals surface area contributed by atoms with Crippen molar-refractivity contribution in [2.45, 2.75) is 6.92 Å². The van der Waals surface area contributed by atoms with Gasteiger partial charge in [0.2, 0.25) is 0 Å². The summed E-state index contributed by atoms with van der Waals surface area (Å²) in [7, 11) is 1.46. The third-order valence-electron chi connectivity index (χ3n) is 2.63. The van der Waals surface area contributed by atoms with Gasteiger partial charge in [-0.15, -0.1) is 0 Å². The first-order valence-corrected chi connectivity index (χ1v) is 5.41. The van der Waals surface area contributed by atoms with Gasteiger partial charge in [-0.2, -0.15) is 0 Å². The first kappa shape index (κ1) is 12.1. The molecular weight excluding hydrogens is 234 g/mol. The van der Waals surface area contributed by atoms with Gasteiger partial charge in [0.25, 0.3) is 5.91 Å². The maximum absolute atomic E-state index is 12.2. The molecule has 0 aliphatic carbocycles. The Hall–Kier alpha value is -2.37. The number of aryl methyl sites for hydroxylation is 1. The summed E-state index contributed by atoms with van der Waals surface area (Å²) >= 11 is 0. The normalized spacial score (nSPS) is 10.6. The maximum atomic E-state index is 12.2. The van der Waals surface area contributed by atoms with Gasteiger partial charge in [0.15, 0.2) is 0 Å². The van der Waals surface area contributed by atoms with Gasteiger partial charge in [-0.25, -0.2) is 4.98 Å². The predicted octanol–water partition coefficient (Wildman–Crippen LogP) is 0.799. The van der Waals surface area contributed by atoms with Crippen LogP contribution in [0.1, 0.15) is 16.2 Å². The molecule has 2 aromatic rings. The number of carbonyl (C=O) groups excluding carboxylic acids is 1. The SMILES string of the molecule is Cc1nc2ccccn2c1C(=O)N(C)CC(=O)O. The molecule has 2 heterocycles. The highest BCUT2D eigenvalue weighted by Gasteiger charge is 2.21. The average Bonchev–Trinajstić information content (AvgIpc) is 2.63. The number of nitrogens with zero attached hydrogens (tertiary/aromatic N) is 3. The molecule has 0 fully saturated rings. The lowest BCUT2D eigenvalue weighted by Crippen LogP contribution is -2.33. The van der Waals surface area contributed by atoms with E-state index in [1.54, 1.807) is 29.7 Å². The molecule has 0 spiro atoms. The molecule has 2 rings (SSSR count). The molecule has 6 heteroatoms. The monoisotopic (exact) mass is 247 g/mol. The third kappa shape index (κ3) is 2.04. The van der Waals surface area contributed by atoms with Crippen LogP contribution in [-0.4, -0.2) is 44.9 Å². The molecule has 0 aliphatic rings. The van der Waals surface area contributed by atoms with E-state index in [2.05, 4.69) is 4.98 Å². The summed E-state index contributed by atoms with van der Waals surface area (Å²) in [5.74, 6) is -1.40. The molecule has 6 nitrogen and oxygen atoms in total. The number of carboxylic acid groups (broad SMARTS) is 1. The second-order valence-electron chi connectivity index (χ2n) is 4.03. The quantitative estimate of drug-likeness (QED) is 0.870. The Morgan fingerprint density at radius 3 is 2.83 bits per heavy atom.